The highest BCUT2D eigenvalue weighted by Gasteiger charge is 2.27. The van der Waals surface area contributed by atoms with Crippen LogP contribution >= 0.6 is 0 Å². The summed E-state index contributed by atoms with van der Waals surface area (Å²) in [6.07, 6.45) is 6.76. The van der Waals surface area contributed by atoms with Crippen LogP contribution in [-0.4, -0.2) is 92.8 Å². The molecule has 0 aliphatic carbocycles. The van der Waals surface area contributed by atoms with E-state index in [1.165, 1.54) is 29.0 Å². The van der Waals surface area contributed by atoms with Crippen LogP contribution < -0.4 is 26.4 Å². The van der Waals surface area contributed by atoms with Gasteiger partial charge in [0.25, 0.3) is 11.1 Å². The van der Waals surface area contributed by atoms with E-state index in [2.05, 4.69) is 29.9 Å². The predicted octanol–water partition coefficient (Wildman–Crippen LogP) is 3.63. The number of anilines is 1. The molecule has 3 fully saturated rings. The van der Waals surface area contributed by atoms with Crippen molar-refractivity contribution in [1.29, 1.82) is 0 Å². The van der Waals surface area contributed by atoms with Crippen molar-refractivity contribution in [2.45, 2.75) is 51.2 Å². The number of benzene rings is 2. The summed E-state index contributed by atoms with van der Waals surface area (Å²) in [5.74, 6) is 0.744. The highest BCUT2D eigenvalue weighted by atomic mass is 19.1. The van der Waals surface area contributed by atoms with Gasteiger partial charge in [0.1, 0.15) is 35.2 Å². The van der Waals surface area contributed by atoms with Crippen molar-refractivity contribution < 1.29 is 23.0 Å². The maximum absolute atomic E-state index is 15.6. The molecule has 3 aliphatic rings. The predicted molar refractivity (Wildman–Crippen MR) is 197 cm³/mol. The molecule has 2 aromatic carbocycles. The van der Waals surface area contributed by atoms with E-state index < -0.39 is 22.6 Å². The number of H-pyrrole nitrogens is 2. The summed E-state index contributed by atoms with van der Waals surface area (Å²) in [6.45, 7) is 6.21. The third-order valence-corrected chi connectivity index (χ3v) is 11.0. The molecule has 3 aliphatic heterocycles. The lowest BCUT2D eigenvalue weighted by Crippen LogP contribution is -2.42. The summed E-state index contributed by atoms with van der Waals surface area (Å²) >= 11 is 0. The monoisotopic (exact) mass is 746 g/mol. The highest BCUT2D eigenvalue weighted by Crippen LogP contribution is 2.32. The van der Waals surface area contributed by atoms with E-state index in [1.807, 2.05) is 0 Å². The first kappa shape index (κ1) is 36.1. The number of likely N-dealkylation sites (tertiary alicyclic amines) is 1. The minimum Gasteiger partial charge on any atom is -0.493 e. The van der Waals surface area contributed by atoms with Crippen LogP contribution in [0.15, 0.2) is 50.9 Å². The zero-order valence-corrected chi connectivity index (χ0v) is 30.2. The number of fused-ring (bicyclic) bond motifs is 2. The van der Waals surface area contributed by atoms with Gasteiger partial charge in [-0.2, -0.15) is 5.10 Å². The lowest BCUT2D eigenvalue weighted by molar-refractivity contribution is -0.0408. The molecule has 2 N–H and O–H groups in total. The minimum atomic E-state index is -0.663. The Kier molecular flexibility index (Phi) is 10.3. The number of nitrogens with one attached hydrogen (secondary N) is 2. The van der Waals surface area contributed by atoms with Crippen LogP contribution in [0.4, 0.5) is 14.5 Å². The van der Waals surface area contributed by atoms with Crippen LogP contribution in [-0.2, 0) is 23.1 Å². The third kappa shape index (κ3) is 7.68. The Hall–Kier alpha value is -4.93. The van der Waals surface area contributed by atoms with Gasteiger partial charge in [0.05, 0.1) is 29.4 Å². The molecular weight excluding hydrogens is 702 g/mol. The van der Waals surface area contributed by atoms with Gasteiger partial charge in [-0.3, -0.25) is 23.8 Å². The third-order valence-electron chi connectivity index (χ3n) is 11.0. The molecule has 0 unspecified atom stereocenters. The van der Waals surface area contributed by atoms with E-state index in [0.717, 1.165) is 71.2 Å². The lowest BCUT2D eigenvalue weighted by atomic mass is 9.93. The molecule has 0 saturated carbocycles. The first-order chi connectivity index (χ1) is 26.2. The summed E-state index contributed by atoms with van der Waals surface area (Å²) < 4.78 is 50.7. The summed E-state index contributed by atoms with van der Waals surface area (Å²) in [7, 11) is 1.75. The van der Waals surface area contributed by atoms with E-state index >= 15 is 8.78 Å². The fourth-order valence-electron chi connectivity index (χ4n) is 7.96. The van der Waals surface area contributed by atoms with Gasteiger partial charge in [0.2, 0.25) is 0 Å². The largest absolute Gasteiger partial charge is 0.493 e. The fraction of sp³-hybridized carbons (Fsp3) is 0.500. The Morgan fingerprint density at radius 3 is 2.43 bits per heavy atom. The lowest BCUT2D eigenvalue weighted by Gasteiger charge is -2.38. The first-order valence-electron chi connectivity index (χ1n) is 18.7. The van der Waals surface area contributed by atoms with Gasteiger partial charge >= 0.3 is 5.69 Å². The van der Waals surface area contributed by atoms with Crippen molar-refractivity contribution in [3.05, 3.63) is 85.2 Å². The average Bonchev–Trinajstić information content (AvgIpc) is 3.48. The Morgan fingerprint density at radius 2 is 1.67 bits per heavy atom. The van der Waals surface area contributed by atoms with Crippen LogP contribution in [0.1, 0.15) is 44.3 Å². The molecule has 5 aromatic rings. The van der Waals surface area contributed by atoms with E-state index in [-0.39, 0.29) is 35.2 Å². The molecular formula is C38H44F2N8O6. The summed E-state index contributed by atoms with van der Waals surface area (Å²) in [5.41, 5.74) is -0.240. The Bertz CT molecular complexity index is 2320. The van der Waals surface area contributed by atoms with Gasteiger partial charge in [0, 0.05) is 69.7 Å². The second kappa shape index (κ2) is 15.4. The molecule has 16 heteroatoms. The van der Waals surface area contributed by atoms with E-state index in [0.29, 0.717) is 59.8 Å². The number of ether oxygens (including phenoxy) is 3. The minimum absolute atomic E-state index is 0.0413. The highest BCUT2D eigenvalue weighted by molar-refractivity contribution is 5.89. The number of rotatable bonds is 10. The van der Waals surface area contributed by atoms with Gasteiger partial charge in [-0.25, -0.2) is 18.6 Å². The number of aryl methyl sites for hydroxylation is 1. The summed E-state index contributed by atoms with van der Waals surface area (Å²) in [4.78, 5) is 50.5. The van der Waals surface area contributed by atoms with Crippen molar-refractivity contribution in [2.75, 3.05) is 57.4 Å². The number of aromatic amines is 2. The number of halogens is 2. The topological polar surface area (TPSA) is 153 Å². The molecule has 14 nitrogen and oxygen atoms in total. The number of nitrogens with zero attached hydrogens (tertiary/aromatic N) is 6. The van der Waals surface area contributed by atoms with Crippen LogP contribution in [0, 0.1) is 23.5 Å². The molecule has 54 heavy (non-hydrogen) atoms. The smallest absolute Gasteiger partial charge is 0.334 e. The standard InChI is InChI=1S/C38H44F2N8O6/c1-45-31-19-32(28(39)18-27(31)36(44-45)48-13-6-34(49)43-38(48)51)47-11-4-23(5-12-47)20-46-9-2-24(3-10-46)21-53-26-16-29(40)35-30(17-26)41-33(42-37(35)50)22-54-25-7-14-52-15-8-25/h6,13,16-19,23-25H,2-5,7-12,14-15,20-22H2,1H3,(H,41,42,50)(H,43,49,51). The molecule has 8 rings (SSSR count). The molecule has 0 bridgehead atoms. The zero-order chi connectivity index (χ0) is 37.3. The average molecular weight is 747 g/mol. The maximum atomic E-state index is 15.6. The van der Waals surface area contributed by atoms with Crippen LogP contribution in [0.2, 0.25) is 0 Å². The zero-order valence-electron chi connectivity index (χ0n) is 30.2. The molecule has 3 aromatic heterocycles. The molecule has 286 valence electrons. The molecule has 0 spiro atoms. The van der Waals surface area contributed by atoms with Crippen molar-refractivity contribution in [3.8, 4) is 11.6 Å². The van der Waals surface area contributed by atoms with Crippen LogP contribution in [0.5, 0.6) is 5.75 Å². The quantitative estimate of drug-likeness (QED) is 0.217. The molecule has 0 amide bonds. The van der Waals surface area contributed by atoms with Gasteiger partial charge < -0.3 is 29.0 Å². The second-order valence-electron chi connectivity index (χ2n) is 14.7. The molecule has 0 atom stereocenters. The molecule has 6 heterocycles. The SMILES string of the molecule is Cn1nc(-n2ccc(=O)[nH]c2=O)c2cc(F)c(N3CCC(CN4CCC(COc5cc(F)c6c(=O)[nH]c(COC7CCOCC7)nc6c5)CC4)CC3)cc21. The van der Waals surface area contributed by atoms with Crippen molar-refractivity contribution in [3.63, 3.8) is 0 Å². The number of hydrogen-bond acceptors (Lipinski definition) is 10. The summed E-state index contributed by atoms with van der Waals surface area (Å²) in [6, 6.07) is 7.32. The van der Waals surface area contributed by atoms with Gasteiger partial charge in [-0.05, 0) is 75.6 Å². The molecule has 0 radical (unpaired) electrons. The van der Waals surface area contributed by atoms with E-state index in [9.17, 15) is 14.4 Å². The number of hydrogen-bond donors (Lipinski definition) is 2. The van der Waals surface area contributed by atoms with E-state index in [1.54, 1.807) is 23.9 Å². The summed E-state index contributed by atoms with van der Waals surface area (Å²) in [5, 5.41) is 4.84. The maximum Gasteiger partial charge on any atom is 0.334 e. The molecule has 3 saturated heterocycles. The number of aromatic nitrogens is 6. The second-order valence-corrected chi connectivity index (χ2v) is 14.7. The van der Waals surface area contributed by atoms with Gasteiger partial charge in [0.15, 0.2) is 5.82 Å². The van der Waals surface area contributed by atoms with Crippen LogP contribution in [0.3, 0.4) is 0 Å². The number of piperidine rings is 2. The van der Waals surface area contributed by atoms with Crippen molar-refractivity contribution >= 4 is 27.5 Å². The fourth-order valence-corrected chi connectivity index (χ4v) is 7.96. The first-order valence-corrected chi connectivity index (χ1v) is 18.7. The Morgan fingerprint density at radius 1 is 0.907 bits per heavy atom. The van der Waals surface area contributed by atoms with Crippen molar-refractivity contribution in [1.82, 2.24) is 34.2 Å². The van der Waals surface area contributed by atoms with E-state index in [4.69, 9.17) is 14.2 Å². The van der Waals surface area contributed by atoms with Crippen molar-refractivity contribution in [2.24, 2.45) is 18.9 Å². The van der Waals surface area contributed by atoms with Gasteiger partial charge in [-0.1, -0.05) is 0 Å². The van der Waals surface area contributed by atoms with Crippen LogP contribution in [0.25, 0.3) is 27.6 Å². The Balaban J connectivity index is 0.822. The normalized spacial score (nSPS) is 18.2. The van der Waals surface area contributed by atoms with Gasteiger partial charge in [-0.15, -0.1) is 0 Å². The Labute approximate surface area is 308 Å².